The Bertz CT molecular complexity index is 1140. The highest BCUT2D eigenvalue weighted by molar-refractivity contribution is 8.00. The number of rotatable bonds is 6. The summed E-state index contributed by atoms with van der Waals surface area (Å²) in [6.45, 7) is 1.32. The quantitative estimate of drug-likeness (QED) is 0.602. The monoisotopic (exact) mass is 460 g/mol. The Kier molecular flexibility index (Phi) is 6.21. The molecule has 2 heterocycles. The van der Waals surface area contributed by atoms with Crippen molar-refractivity contribution in [1.82, 2.24) is 10.2 Å². The van der Waals surface area contributed by atoms with Gasteiger partial charge in [0.05, 0.1) is 12.3 Å². The third-order valence-electron chi connectivity index (χ3n) is 5.68. The molecule has 5 rings (SSSR count). The van der Waals surface area contributed by atoms with Crippen LogP contribution in [-0.4, -0.2) is 41.7 Å². The summed E-state index contributed by atoms with van der Waals surface area (Å²) in [4.78, 5) is 27.0. The van der Waals surface area contributed by atoms with E-state index in [0.717, 1.165) is 16.9 Å². The van der Waals surface area contributed by atoms with Crippen LogP contribution in [0.1, 0.15) is 26.9 Å². The van der Waals surface area contributed by atoms with Crippen LogP contribution in [-0.2, 0) is 11.3 Å². The van der Waals surface area contributed by atoms with E-state index in [2.05, 4.69) is 5.32 Å². The zero-order chi connectivity index (χ0) is 22.6. The van der Waals surface area contributed by atoms with Gasteiger partial charge in [0.1, 0.15) is 18.1 Å². The van der Waals surface area contributed by atoms with E-state index in [1.165, 1.54) is 0 Å². The molecule has 0 aliphatic carbocycles. The highest BCUT2D eigenvalue weighted by Crippen LogP contribution is 2.39. The van der Waals surface area contributed by atoms with Gasteiger partial charge in [-0.05, 0) is 35.4 Å². The second kappa shape index (κ2) is 9.58. The van der Waals surface area contributed by atoms with Crippen molar-refractivity contribution in [3.05, 3.63) is 95.6 Å². The Morgan fingerprint density at radius 2 is 1.70 bits per heavy atom. The summed E-state index contributed by atoms with van der Waals surface area (Å²) < 4.78 is 11.6. The minimum Gasteiger partial charge on any atom is -0.486 e. The molecule has 1 fully saturated rings. The van der Waals surface area contributed by atoms with Crippen LogP contribution in [0, 0.1) is 0 Å². The van der Waals surface area contributed by atoms with E-state index in [1.807, 2.05) is 83.8 Å². The van der Waals surface area contributed by atoms with Crippen LogP contribution >= 0.6 is 11.8 Å². The van der Waals surface area contributed by atoms with Gasteiger partial charge in [-0.1, -0.05) is 54.6 Å². The van der Waals surface area contributed by atoms with Gasteiger partial charge in [0.15, 0.2) is 11.5 Å². The third-order valence-corrected chi connectivity index (χ3v) is 6.94. The standard InChI is InChI=1S/C26H24N2O4S/c29-24-17-33-26(28(24)15-18-6-2-1-3-7-18)20-12-10-19(11-13-20)25(30)27-14-21-16-31-22-8-4-5-9-23(22)32-21/h1-13,21,26H,14-17H2,(H,27,30)/t21-,26-/m0/s1. The number of hydrogen-bond donors (Lipinski definition) is 1. The van der Waals surface area contributed by atoms with E-state index in [9.17, 15) is 9.59 Å². The Morgan fingerprint density at radius 1 is 0.970 bits per heavy atom. The molecule has 2 aliphatic rings. The number of hydrogen-bond acceptors (Lipinski definition) is 5. The van der Waals surface area contributed by atoms with Crippen molar-refractivity contribution in [2.45, 2.75) is 18.0 Å². The number of benzene rings is 3. The van der Waals surface area contributed by atoms with Crippen LogP contribution in [0.15, 0.2) is 78.9 Å². The molecule has 7 heteroatoms. The smallest absolute Gasteiger partial charge is 0.251 e. The van der Waals surface area contributed by atoms with Gasteiger partial charge >= 0.3 is 0 Å². The summed E-state index contributed by atoms with van der Waals surface area (Å²) in [6, 6.07) is 25.0. The van der Waals surface area contributed by atoms with E-state index >= 15 is 0 Å². The van der Waals surface area contributed by atoms with Crippen molar-refractivity contribution in [3.8, 4) is 11.5 Å². The molecule has 168 valence electrons. The summed E-state index contributed by atoms with van der Waals surface area (Å²) in [5, 5.41) is 2.87. The van der Waals surface area contributed by atoms with Gasteiger partial charge in [-0.2, -0.15) is 0 Å². The number of ether oxygens (including phenoxy) is 2. The van der Waals surface area contributed by atoms with E-state index < -0.39 is 0 Å². The molecule has 6 nitrogen and oxygen atoms in total. The maximum absolute atomic E-state index is 12.6. The molecule has 0 spiro atoms. The van der Waals surface area contributed by atoms with Crippen LogP contribution in [0.2, 0.25) is 0 Å². The number of amides is 2. The predicted molar refractivity (Wildman–Crippen MR) is 127 cm³/mol. The van der Waals surface area contributed by atoms with Crippen LogP contribution in [0.25, 0.3) is 0 Å². The summed E-state index contributed by atoms with van der Waals surface area (Å²) in [7, 11) is 0. The van der Waals surface area contributed by atoms with Crippen LogP contribution in [0.4, 0.5) is 0 Å². The minimum atomic E-state index is -0.240. The first-order valence-corrected chi connectivity index (χ1v) is 11.9. The Morgan fingerprint density at radius 3 is 2.48 bits per heavy atom. The van der Waals surface area contributed by atoms with Gasteiger partial charge in [0.25, 0.3) is 5.91 Å². The fourth-order valence-corrected chi connectivity index (χ4v) is 5.14. The molecule has 0 saturated carbocycles. The number of carbonyl (C=O) groups excluding carboxylic acids is 2. The average Bonchev–Trinajstić information content (AvgIpc) is 3.23. The molecular weight excluding hydrogens is 436 g/mol. The normalized spacial score (nSPS) is 19.4. The van der Waals surface area contributed by atoms with Crippen molar-refractivity contribution >= 4 is 23.6 Å². The minimum absolute atomic E-state index is 0.0531. The number of thioether (sulfide) groups is 1. The first-order valence-electron chi connectivity index (χ1n) is 10.9. The SMILES string of the molecule is O=C(NC[C@H]1COc2ccccc2O1)c1ccc([C@@H]2SCC(=O)N2Cc2ccccc2)cc1. The lowest BCUT2D eigenvalue weighted by atomic mass is 10.1. The number of nitrogens with zero attached hydrogens (tertiary/aromatic N) is 1. The average molecular weight is 461 g/mol. The topological polar surface area (TPSA) is 67.9 Å². The Balaban J connectivity index is 1.19. The molecular formula is C26H24N2O4S. The van der Waals surface area contributed by atoms with E-state index in [-0.39, 0.29) is 23.3 Å². The maximum Gasteiger partial charge on any atom is 0.251 e. The second-order valence-corrected chi connectivity index (χ2v) is 9.07. The van der Waals surface area contributed by atoms with Gasteiger partial charge in [0, 0.05) is 12.1 Å². The van der Waals surface area contributed by atoms with Crippen molar-refractivity contribution in [2.75, 3.05) is 18.9 Å². The van der Waals surface area contributed by atoms with Gasteiger partial charge < -0.3 is 19.7 Å². The summed E-state index contributed by atoms with van der Waals surface area (Å²) >= 11 is 1.61. The molecule has 1 saturated heterocycles. The third kappa shape index (κ3) is 4.83. The molecule has 3 aromatic carbocycles. The van der Waals surface area contributed by atoms with E-state index in [0.29, 0.717) is 36.8 Å². The molecule has 0 bridgehead atoms. The molecule has 2 amide bonds. The fourth-order valence-electron chi connectivity index (χ4n) is 3.95. The summed E-state index contributed by atoms with van der Waals surface area (Å²) in [6.07, 6.45) is -0.240. The Labute approximate surface area is 196 Å². The molecule has 1 N–H and O–H groups in total. The predicted octanol–water partition coefficient (Wildman–Crippen LogP) is 4.03. The number of fused-ring (bicyclic) bond motifs is 1. The van der Waals surface area contributed by atoms with Crippen molar-refractivity contribution in [2.24, 2.45) is 0 Å². The highest BCUT2D eigenvalue weighted by atomic mass is 32.2. The molecule has 0 unspecified atom stereocenters. The zero-order valence-electron chi connectivity index (χ0n) is 18.0. The lowest BCUT2D eigenvalue weighted by molar-refractivity contribution is -0.128. The van der Waals surface area contributed by atoms with Gasteiger partial charge in [-0.3, -0.25) is 9.59 Å². The lowest BCUT2D eigenvalue weighted by Gasteiger charge is -2.26. The first kappa shape index (κ1) is 21.4. The van der Waals surface area contributed by atoms with E-state index in [1.54, 1.807) is 11.8 Å². The highest BCUT2D eigenvalue weighted by Gasteiger charge is 2.32. The molecule has 0 radical (unpaired) electrons. The molecule has 2 aliphatic heterocycles. The molecule has 0 aromatic heterocycles. The molecule has 3 aromatic rings. The Hall–Kier alpha value is -3.45. The summed E-state index contributed by atoms with van der Waals surface area (Å²) in [5.41, 5.74) is 2.68. The largest absolute Gasteiger partial charge is 0.486 e. The first-order chi connectivity index (χ1) is 16.2. The molecule has 2 atom stereocenters. The lowest BCUT2D eigenvalue weighted by Crippen LogP contribution is -2.40. The molecule has 33 heavy (non-hydrogen) atoms. The van der Waals surface area contributed by atoms with Crippen molar-refractivity contribution in [3.63, 3.8) is 0 Å². The second-order valence-electron chi connectivity index (χ2n) is 8.00. The van der Waals surface area contributed by atoms with Gasteiger partial charge in [0.2, 0.25) is 5.91 Å². The fraction of sp³-hybridized carbons (Fsp3) is 0.231. The zero-order valence-corrected chi connectivity index (χ0v) is 18.8. The maximum atomic E-state index is 12.6. The number of para-hydroxylation sites is 2. The van der Waals surface area contributed by atoms with Crippen molar-refractivity contribution < 1.29 is 19.1 Å². The van der Waals surface area contributed by atoms with Crippen LogP contribution in [0.5, 0.6) is 11.5 Å². The number of nitrogens with one attached hydrogen (secondary N) is 1. The summed E-state index contributed by atoms with van der Waals surface area (Å²) in [5.74, 6) is 1.84. The number of carbonyl (C=O) groups is 2. The van der Waals surface area contributed by atoms with Crippen LogP contribution in [0.3, 0.4) is 0 Å². The van der Waals surface area contributed by atoms with Crippen LogP contribution < -0.4 is 14.8 Å². The van der Waals surface area contributed by atoms with Gasteiger partial charge in [-0.15, -0.1) is 11.8 Å². The van der Waals surface area contributed by atoms with E-state index in [4.69, 9.17) is 9.47 Å². The van der Waals surface area contributed by atoms with Gasteiger partial charge in [-0.25, -0.2) is 0 Å². The van der Waals surface area contributed by atoms with Crippen molar-refractivity contribution in [1.29, 1.82) is 0 Å².